The van der Waals surface area contributed by atoms with Crippen LogP contribution in [0.2, 0.25) is 0 Å². The van der Waals surface area contributed by atoms with Gasteiger partial charge in [-0.3, -0.25) is 14.2 Å². The predicted octanol–water partition coefficient (Wildman–Crippen LogP) is 4.01. The molecule has 0 aliphatic heterocycles. The number of carbonyl (C=O) groups excluding carboxylic acids is 1. The van der Waals surface area contributed by atoms with Crippen LogP contribution in [0.4, 0.5) is 13.2 Å². The van der Waals surface area contributed by atoms with Crippen LogP contribution >= 0.6 is 23.1 Å². The zero-order valence-electron chi connectivity index (χ0n) is 16.0. The highest BCUT2D eigenvalue weighted by molar-refractivity contribution is 7.99. The number of thiophene rings is 1. The Labute approximate surface area is 178 Å². The van der Waals surface area contributed by atoms with Gasteiger partial charge in [0.2, 0.25) is 5.91 Å². The number of nitrogens with one attached hydrogen (secondary N) is 1. The molecular formula is C20H18F3N3O2S2. The lowest BCUT2D eigenvalue weighted by molar-refractivity contribution is -0.136. The fourth-order valence-corrected chi connectivity index (χ4v) is 5.57. The molecule has 10 heteroatoms. The van der Waals surface area contributed by atoms with Crippen molar-refractivity contribution < 1.29 is 18.0 Å². The minimum Gasteiger partial charge on any atom is -0.346 e. The lowest BCUT2D eigenvalue weighted by Gasteiger charge is -2.13. The zero-order chi connectivity index (χ0) is 21.5. The van der Waals surface area contributed by atoms with Gasteiger partial charge in [-0.15, -0.1) is 11.3 Å². The van der Waals surface area contributed by atoms with Crippen molar-refractivity contribution in [3.8, 4) is 5.69 Å². The van der Waals surface area contributed by atoms with E-state index in [1.165, 1.54) is 15.9 Å². The van der Waals surface area contributed by atoms with Crippen molar-refractivity contribution in [2.45, 2.75) is 37.5 Å². The molecule has 0 bridgehead atoms. The molecule has 30 heavy (non-hydrogen) atoms. The van der Waals surface area contributed by atoms with Gasteiger partial charge in [-0.1, -0.05) is 29.5 Å². The fraction of sp³-hybridized carbons (Fsp3) is 0.350. The molecule has 0 radical (unpaired) electrons. The second-order valence-corrected chi connectivity index (χ2v) is 9.11. The molecule has 158 valence electrons. The van der Waals surface area contributed by atoms with E-state index in [0.29, 0.717) is 21.1 Å². The third kappa shape index (κ3) is 4.24. The van der Waals surface area contributed by atoms with E-state index in [-0.39, 0.29) is 11.3 Å². The lowest BCUT2D eigenvalue weighted by atomic mass is 10.2. The number of alkyl halides is 3. The molecule has 0 atom stereocenters. The van der Waals surface area contributed by atoms with Crippen molar-refractivity contribution in [3.05, 3.63) is 50.6 Å². The summed E-state index contributed by atoms with van der Waals surface area (Å²) in [6.07, 6.45) is -1.70. The van der Waals surface area contributed by atoms with E-state index < -0.39 is 18.6 Å². The summed E-state index contributed by atoms with van der Waals surface area (Å²) in [5.74, 6) is -1.04. The second-order valence-electron chi connectivity index (χ2n) is 7.09. The van der Waals surface area contributed by atoms with Gasteiger partial charge in [-0.25, -0.2) is 4.98 Å². The van der Waals surface area contributed by atoms with Crippen LogP contribution in [-0.2, 0) is 17.6 Å². The summed E-state index contributed by atoms with van der Waals surface area (Å²) < 4.78 is 38.4. The van der Waals surface area contributed by atoms with Crippen molar-refractivity contribution in [2.75, 3.05) is 12.3 Å². The summed E-state index contributed by atoms with van der Waals surface area (Å²) in [6, 6.07) is 7.33. The first-order valence-electron chi connectivity index (χ1n) is 9.33. The third-order valence-electron chi connectivity index (χ3n) is 4.82. The molecule has 1 N–H and O–H groups in total. The Morgan fingerprint density at radius 3 is 2.70 bits per heavy atom. The molecule has 0 saturated carbocycles. The lowest BCUT2D eigenvalue weighted by Crippen LogP contribution is -2.35. The number of amides is 1. The first-order chi connectivity index (χ1) is 14.2. The van der Waals surface area contributed by atoms with E-state index in [4.69, 9.17) is 0 Å². The summed E-state index contributed by atoms with van der Waals surface area (Å²) in [6.45, 7) is 0.543. The standard InChI is InChI=1S/C20H18F3N3O2S2/c1-11-5-7-12(8-6-11)26-18(28)16-13-3-2-4-14(13)30-17(16)25-19(26)29-9-15(27)24-10-20(21,22)23/h5-8H,2-4,9-10H2,1H3,(H,24,27). The van der Waals surface area contributed by atoms with Crippen molar-refractivity contribution in [1.29, 1.82) is 0 Å². The number of aryl methyl sites for hydroxylation is 3. The number of carbonyl (C=O) groups is 1. The predicted molar refractivity (Wildman–Crippen MR) is 112 cm³/mol. The Morgan fingerprint density at radius 2 is 2.00 bits per heavy atom. The van der Waals surface area contributed by atoms with Crippen LogP contribution in [0.25, 0.3) is 15.9 Å². The molecule has 5 nitrogen and oxygen atoms in total. The quantitative estimate of drug-likeness (QED) is 0.468. The van der Waals surface area contributed by atoms with Crippen LogP contribution in [0.5, 0.6) is 0 Å². The van der Waals surface area contributed by atoms with Crippen LogP contribution < -0.4 is 10.9 Å². The van der Waals surface area contributed by atoms with Crippen LogP contribution in [0.3, 0.4) is 0 Å². The first-order valence-corrected chi connectivity index (χ1v) is 11.1. The van der Waals surface area contributed by atoms with Crippen molar-refractivity contribution in [3.63, 3.8) is 0 Å². The van der Waals surface area contributed by atoms with Gasteiger partial charge in [0.15, 0.2) is 5.16 Å². The average Bonchev–Trinajstić information content (AvgIpc) is 3.26. The van der Waals surface area contributed by atoms with E-state index in [0.717, 1.165) is 47.0 Å². The second kappa shape index (κ2) is 8.07. The number of halogens is 3. The Morgan fingerprint density at radius 1 is 1.27 bits per heavy atom. The Kier molecular flexibility index (Phi) is 5.63. The van der Waals surface area contributed by atoms with Crippen LogP contribution in [0.1, 0.15) is 22.4 Å². The summed E-state index contributed by atoms with van der Waals surface area (Å²) in [4.78, 5) is 31.7. The van der Waals surface area contributed by atoms with Crippen LogP contribution in [-0.4, -0.2) is 33.9 Å². The molecule has 2 aromatic heterocycles. The number of rotatable bonds is 5. The Bertz CT molecular complexity index is 1170. The van der Waals surface area contributed by atoms with E-state index >= 15 is 0 Å². The van der Waals surface area contributed by atoms with E-state index in [1.807, 2.05) is 24.4 Å². The highest BCUT2D eigenvalue weighted by Gasteiger charge is 2.28. The van der Waals surface area contributed by atoms with Crippen molar-refractivity contribution in [2.24, 2.45) is 0 Å². The molecule has 0 fully saturated rings. The molecular weight excluding hydrogens is 435 g/mol. The van der Waals surface area contributed by atoms with Gasteiger partial charge < -0.3 is 5.32 Å². The van der Waals surface area contributed by atoms with Crippen LogP contribution in [0.15, 0.2) is 34.2 Å². The van der Waals surface area contributed by atoms with Crippen LogP contribution in [0, 0.1) is 6.92 Å². The highest BCUT2D eigenvalue weighted by atomic mass is 32.2. The Hall–Kier alpha value is -2.33. The number of nitrogens with zero attached hydrogens (tertiary/aromatic N) is 2. The van der Waals surface area contributed by atoms with Gasteiger partial charge in [0.05, 0.1) is 16.8 Å². The van der Waals surface area contributed by atoms with Gasteiger partial charge >= 0.3 is 6.18 Å². The summed E-state index contributed by atoms with van der Waals surface area (Å²) >= 11 is 2.44. The van der Waals surface area contributed by atoms with Gasteiger partial charge in [-0.2, -0.15) is 13.2 Å². The molecule has 4 rings (SSSR count). The van der Waals surface area contributed by atoms with E-state index in [9.17, 15) is 22.8 Å². The van der Waals surface area contributed by atoms with E-state index in [1.54, 1.807) is 12.1 Å². The van der Waals surface area contributed by atoms with Gasteiger partial charge in [-0.05, 0) is 43.9 Å². The minimum atomic E-state index is -4.47. The summed E-state index contributed by atoms with van der Waals surface area (Å²) in [5.41, 5.74) is 2.48. The number of hydrogen-bond acceptors (Lipinski definition) is 5. The fourth-order valence-electron chi connectivity index (χ4n) is 3.42. The smallest absolute Gasteiger partial charge is 0.346 e. The SMILES string of the molecule is Cc1ccc(-n2c(SCC(=O)NCC(F)(F)F)nc3sc4c(c3c2=O)CCC4)cc1. The highest BCUT2D eigenvalue weighted by Crippen LogP contribution is 2.36. The topological polar surface area (TPSA) is 64.0 Å². The van der Waals surface area contributed by atoms with E-state index in [2.05, 4.69) is 4.98 Å². The number of aromatic nitrogens is 2. The first kappa shape index (κ1) is 20.9. The molecule has 1 aliphatic rings. The maximum Gasteiger partial charge on any atom is 0.405 e. The van der Waals surface area contributed by atoms with Gasteiger partial charge in [0.25, 0.3) is 5.56 Å². The van der Waals surface area contributed by atoms with Crippen molar-refractivity contribution in [1.82, 2.24) is 14.9 Å². The maximum absolute atomic E-state index is 13.4. The zero-order valence-corrected chi connectivity index (χ0v) is 17.6. The molecule has 3 aromatic rings. The van der Waals surface area contributed by atoms with Gasteiger partial charge in [0, 0.05) is 4.88 Å². The molecule has 1 amide bonds. The number of thioether (sulfide) groups is 1. The number of benzene rings is 1. The maximum atomic E-state index is 13.4. The number of fused-ring (bicyclic) bond motifs is 3. The molecule has 0 saturated heterocycles. The molecule has 0 spiro atoms. The molecule has 1 aromatic carbocycles. The molecule has 2 heterocycles. The van der Waals surface area contributed by atoms with Crippen molar-refractivity contribution >= 4 is 39.2 Å². The Balaban J connectivity index is 1.72. The number of hydrogen-bond donors (Lipinski definition) is 1. The largest absolute Gasteiger partial charge is 0.405 e. The normalized spacial score (nSPS) is 13.6. The summed E-state index contributed by atoms with van der Waals surface area (Å²) in [5, 5.41) is 2.75. The molecule has 0 unspecified atom stereocenters. The molecule has 1 aliphatic carbocycles. The average molecular weight is 454 g/mol. The summed E-state index contributed by atoms with van der Waals surface area (Å²) in [7, 11) is 0. The van der Waals surface area contributed by atoms with Gasteiger partial charge in [0.1, 0.15) is 11.4 Å². The monoisotopic (exact) mass is 453 g/mol. The third-order valence-corrected chi connectivity index (χ3v) is 6.94. The minimum absolute atomic E-state index is 0.207.